The maximum absolute atomic E-state index is 13.9. The molecule has 1 fully saturated rings. The van der Waals surface area contributed by atoms with Gasteiger partial charge in [0.15, 0.2) is 6.61 Å². The Labute approximate surface area is 134 Å². The summed E-state index contributed by atoms with van der Waals surface area (Å²) in [6.45, 7) is -0.968. The molecule has 1 amide bonds. The molecule has 1 heterocycles. The molecule has 0 bridgehead atoms. The normalized spacial score (nSPS) is 19.9. The quantitative estimate of drug-likeness (QED) is 0.863. The van der Waals surface area contributed by atoms with Crippen LogP contribution in [0.1, 0.15) is 11.6 Å². The van der Waals surface area contributed by atoms with Crippen molar-refractivity contribution in [1.29, 1.82) is 0 Å². The Balaban J connectivity index is 0.00000220. The Hall–Kier alpha value is -1.28. The number of halogens is 4. The van der Waals surface area contributed by atoms with Crippen LogP contribution in [-0.4, -0.2) is 32.8 Å². The summed E-state index contributed by atoms with van der Waals surface area (Å²) in [7, 11) is 2.81. The smallest absolute Gasteiger partial charge is 0.408 e. The number of benzene rings is 1. The van der Waals surface area contributed by atoms with E-state index in [4.69, 9.17) is 9.47 Å². The number of ether oxygens (including phenoxy) is 3. The molecule has 1 aromatic carbocycles. The van der Waals surface area contributed by atoms with Crippen molar-refractivity contribution in [2.24, 2.45) is 0 Å². The Kier molecular flexibility index (Phi) is 5.63. The zero-order chi connectivity index (χ0) is 14.9. The Bertz CT molecular complexity index is 519. The highest BCUT2D eigenvalue weighted by molar-refractivity contribution is 9.10. The van der Waals surface area contributed by atoms with Crippen molar-refractivity contribution in [2.45, 2.75) is 12.0 Å². The number of nitrogens with one attached hydrogen (secondary N) is 1. The number of alkyl halides is 2. The van der Waals surface area contributed by atoms with Gasteiger partial charge >= 0.3 is 12.0 Å². The van der Waals surface area contributed by atoms with E-state index in [1.165, 1.54) is 26.4 Å². The van der Waals surface area contributed by atoms with Gasteiger partial charge in [-0.2, -0.15) is 0 Å². The molecule has 21 heavy (non-hydrogen) atoms. The van der Waals surface area contributed by atoms with Gasteiger partial charge in [0.1, 0.15) is 22.0 Å². The zero-order valence-electron chi connectivity index (χ0n) is 11.1. The summed E-state index contributed by atoms with van der Waals surface area (Å²) in [4.78, 5) is 11.2. The fourth-order valence-corrected chi connectivity index (χ4v) is 2.45. The summed E-state index contributed by atoms with van der Waals surface area (Å²) >= 11 is 3.25. The molecule has 1 aliphatic heterocycles. The maximum atomic E-state index is 13.9. The maximum Gasteiger partial charge on any atom is 0.408 e. The molecule has 0 saturated carbocycles. The summed E-state index contributed by atoms with van der Waals surface area (Å²) in [5.74, 6) is -2.57. The first kappa shape index (κ1) is 17.8. The van der Waals surface area contributed by atoms with E-state index in [1.54, 1.807) is 0 Å². The molecule has 2 rings (SSSR count). The minimum atomic E-state index is -3.22. The topological polar surface area (TPSA) is 56.8 Å². The highest BCUT2D eigenvalue weighted by Crippen LogP contribution is 2.41. The Morgan fingerprint density at radius 3 is 2.33 bits per heavy atom. The molecular formula is C12H13BrClF2NO4. The van der Waals surface area contributed by atoms with E-state index in [0.29, 0.717) is 16.0 Å². The van der Waals surface area contributed by atoms with Gasteiger partial charge in [0.25, 0.3) is 0 Å². The van der Waals surface area contributed by atoms with Crippen LogP contribution in [0.5, 0.6) is 11.5 Å². The van der Waals surface area contributed by atoms with E-state index in [9.17, 15) is 13.6 Å². The van der Waals surface area contributed by atoms with Crippen molar-refractivity contribution in [3.8, 4) is 11.5 Å². The van der Waals surface area contributed by atoms with Crippen LogP contribution in [-0.2, 0) is 4.74 Å². The molecule has 0 radical (unpaired) electrons. The second-order valence-corrected chi connectivity index (χ2v) is 4.95. The molecule has 0 aliphatic carbocycles. The zero-order valence-corrected chi connectivity index (χ0v) is 13.5. The third-order valence-corrected chi connectivity index (χ3v) is 3.66. The van der Waals surface area contributed by atoms with Crippen LogP contribution in [0.3, 0.4) is 0 Å². The lowest BCUT2D eigenvalue weighted by atomic mass is 9.99. The van der Waals surface area contributed by atoms with E-state index in [1.807, 2.05) is 0 Å². The predicted molar refractivity (Wildman–Crippen MR) is 76.7 cm³/mol. The minimum Gasteiger partial charge on any atom is -0.495 e. The van der Waals surface area contributed by atoms with Gasteiger partial charge in [-0.25, -0.2) is 13.6 Å². The van der Waals surface area contributed by atoms with E-state index in [0.717, 1.165) is 0 Å². The molecule has 5 nitrogen and oxygen atoms in total. The number of hydrogen-bond donors (Lipinski definition) is 1. The standard InChI is InChI=1S/C12H12BrF2NO4.ClH/c1-18-7-3-6(4-8(19-2)9(7)13)10-12(14,15)5-20-11(17)16-10;/h3-4,10H,5H2,1-2H3,(H,16,17);1H/t10-;/m1./s1. The van der Waals surface area contributed by atoms with E-state index >= 15 is 0 Å². The minimum absolute atomic E-state index is 0. The summed E-state index contributed by atoms with van der Waals surface area (Å²) in [5, 5.41) is 2.11. The first-order valence-electron chi connectivity index (χ1n) is 5.61. The number of rotatable bonds is 3. The van der Waals surface area contributed by atoms with Crippen LogP contribution in [0.4, 0.5) is 13.6 Å². The molecule has 118 valence electrons. The van der Waals surface area contributed by atoms with Gasteiger partial charge in [-0.1, -0.05) is 0 Å². The van der Waals surface area contributed by atoms with Crippen molar-refractivity contribution >= 4 is 34.4 Å². The van der Waals surface area contributed by atoms with Crippen LogP contribution < -0.4 is 14.8 Å². The summed E-state index contributed by atoms with van der Waals surface area (Å²) < 4.78 is 42.7. The number of carbonyl (C=O) groups is 1. The van der Waals surface area contributed by atoms with E-state index < -0.39 is 24.7 Å². The number of hydrogen-bond acceptors (Lipinski definition) is 4. The molecule has 1 atom stereocenters. The van der Waals surface area contributed by atoms with Crippen LogP contribution in [0.25, 0.3) is 0 Å². The van der Waals surface area contributed by atoms with Crippen LogP contribution in [0.2, 0.25) is 0 Å². The third kappa shape index (κ3) is 3.49. The number of methoxy groups -OCH3 is 2. The lowest BCUT2D eigenvalue weighted by molar-refractivity contribution is -0.104. The van der Waals surface area contributed by atoms with Gasteiger partial charge < -0.3 is 19.5 Å². The average Bonchev–Trinajstić information content (AvgIpc) is 2.42. The number of alkyl carbamates (subject to hydrolysis) is 1. The van der Waals surface area contributed by atoms with Crippen LogP contribution in [0.15, 0.2) is 16.6 Å². The molecule has 1 N–H and O–H groups in total. The summed E-state index contributed by atoms with van der Waals surface area (Å²) in [5.41, 5.74) is 0.170. The van der Waals surface area contributed by atoms with Gasteiger partial charge in [-0.05, 0) is 33.6 Å². The highest BCUT2D eigenvalue weighted by Gasteiger charge is 2.47. The van der Waals surface area contributed by atoms with Crippen LogP contribution in [0, 0.1) is 0 Å². The van der Waals surface area contributed by atoms with Crippen molar-refractivity contribution in [3.63, 3.8) is 0 Å². The molecule has 9 heteroatoms. The predicted octanol–water partition coefficient (Wildman–Crippen LogP) is 3.30. The summed E-state index contributed by atoms with van der Waals surface area (Å²) in [6, 6.07) is 1.33. The SMILES string of the molecule is COc1cc([C@H]2NC(=O)OCC2(F)F)cc(OC)c1Br.Cl. The summed E-state index contributed by atoms with van der Waals surface area (Å²) in [6.07, 6.45) is -0.887. The molecular weight excluding hydrogens is 375 g/mol. The molecule has 0 spiro atoms. The molecule has 0 aromatic heterocycles. The Morgan fingerprint density at radius 1 is 1.33 bits per heavy atom. The fraction of sp³-hybridized carbons (Fsp3) is 0.417. The number of amides is 1. The van der Waals surface area contributed by atoms with Gasteiger partial charge in [-0.3, -0.25) is 0 Å². The first-order valence-corrected chi connectivity index (χ1v) is 6.41. The lowest BCUT2D eigenvalue weighted by Crippen LogP contribution is -2.49. The molecule has 0 unspecified atom stereocenters. The van der Waals surface area contributed by atoms with E-state index in [2.05, 4.69) is 26.0 Å². The first-order chi connectivity index (χ1) is 9.39. The molecule has 1 aliphatic rings. The fourth-order valence-electron chi connectivity index (χ4n) is 1.89. The third-order valence-electron chi connectivity index (χ3n) is 2.88. The highest BCUT2D eigenvalue weighted by atomic mass is 79.9. The molecule has 1 saturated heterocycles. The van der Waals surface area contributed by atoms with Crippen molar-refractivity contribution in [1.82, 2.24) is 5.32 Å². The number of cyclic esters (lactones) is 1. The van der Waals surface area contributed by atoms with Gasteiger partial charge in [-0.15, -0.1) is 12.4 Å². The van der Waals surface area contributed by atoms with Crippen LogP contribution >= 0.6 is 28.3 Å². The van der Waals surface area contributed by atoms with E-state index in [-0.39, 0.29) is 18.0 Å². The molecule has 1 aromatic rings. The largest absolute Gasteiger partial charge is 0.495 e. The second-order valence-electron chi connectivity index (χ2n) is 4.15. The van der Waals surface area contributed by atoms with Gasteiger partial charge in [0.2, 0.25) is 0 Å². The average molecular weight is 389 g/mol. The lowest BCUT2D eigenvalue weighted by Gasteiger charge is -2.32. The van der Waals surface area contributed by atoms with Crippen molar-refractivity contribution < 1.29 is 27.8 Å². The van der Waals surface area contributed by atoms with Gasteiger partial charge in [0, 0.05) is 0 Å². The van der Waals surface area contributed by atoms with Crippen molar-refractivity contribution in [2.75, 3.05) is 20.8 Å². The van der Waals surface area contributed by atoms with Gasteiger partial charge in [0.05, 0.1) is 14.2 Å². The Morgan fingerprint density at radius 2 is 1.86 bits per heavy atom. The second kappa shape index (κ2) is 6.65. The number of carbonyl (C=O) groups excluding carboxylic acids is 1. The monoisotopic (exact) mass is 387 g/mol. The van der Waals surface area contributed by atoms with Crippen molar-refractivity contribution in [3.05, 3.63) is 22.2 Å².